The highest BCUT2D eigenvalue weighted by atomic mass is 16.5. The molecule has 2 aromatic carbocycles. The van der Waals surface area contributed by atoms with E-state index in [0.717, 1.165) is 31.2 Å². The van der Waals surface area contributed by atoms with Crippen molar-refractivity contribution < 1.29 is 19.4 Å². The van der Waals surface area contributed by atoms with Crippen molar-refractivity contribution in [3.8, 4) is 5.75 Å². The van der Waals surface area contributed by atoms with Gasteiger partial charge in [-0.15, -0.1) is 0 Å². The number of unbranched alkanes of at least 4 members (excludes halogenated alkanes) is 2. The largest absolute Gasteiger partial charge is 0.507 e. The smallest absolute Gasteiger partial charge is 0.295 e. The summed E-state index contributed by atoms with van der Waals surface area (Å²) >= 11 is 0. The molecule has 1 fully saturated rings. The predicted molar refractivity (Wildman–Crippen MR) is 131 cm³/mol. The molecule has 0 aliphatic carbocycles. The fraction of sp³-hybridized carbons (Fsp3) is 0.429. The van der Waals surface area contributed by atoms with Crippen molar-refractivity contribution in [2.75, 3.05) is 13.2 Å². The van der Waals surface area contributed by atoms with Gasteiger partial charge in [0.2, 0.25) is 0 Å². The number of likely N-dealkylation sites (tertiary alicyclic amines) is 1. The maximum Gasteiger partial charge on any atom is 0.295 e. The van der Waals surface area contributed by atoms with E-state index in [1.165, 1.54) is 5.56 Å². The first-order valence-corrected chi connectivity index (χ1v) is 12.0. The highest BCUT2D eigenvalue weighted by Gasteiger charge is 2.45. The molecule has 1 saturated heterocycles. The molecule has 1 N–H and O–H groups in total. The number of amides is 1. The van der Waals surface area contributed by atoms with Gasteiger partial charge in [-0.2, -0.15) is 0 Å². The number of ether oxygens (including phenoxy) is 1. The molecule has 33 heavy (non-hydrogen) atoms. The molecule has 5 nitrogen and oxygen atoms in total. The fourth-order valence-electron chi connectivity index (χ4n) is 4.05. The Morgan fingerprint density at radius 3 is 2.24 bits per heavy atom. The van der Waals surface area contributed by atoms with Crippen LogP contribution in [0.2, 0.25) is 0 Å². The number of benzene rings is 2. The zero-order chi connectivity index (χ0) is 24.0. The van der Waals surface area contributed by atoms with Gasteiger partial charge >= 0.3 is 0 Å². The van der Waals surface area contributed by atoms with E-state index in [4.69, 9.17) is 4.74 Å². The summed E-state index contributed by atoms with van der Waals surface area (Å²) in [6.07, 6.45) is 3.71. The van der Waals surface area contributed by atoms with Crippen LogP contribution in [0.1, 0.15) is 69.7 Å². The molecule has 1 aliphatic heterocycles. The third-order valence-electron chi connectivity index (χ3n) is 5.96. The Labute approximate surface area is 197 Å². The van der Waals surface area contributed by atoms with Crippen LogP contribution in [0.3, 0.4) is 0 Å². The lowest BCUT2D eigenvalue weighted by atomic mass is 9.94. The summed E-state index contributed by atoms with van der Waals surface area (Å²) in [7, 11) is 0. The molecule has 1 atom stereocenters. The topological polar surface area (TPSA) is 66.8 Å². The number of Topliss-reactive ketones (excluding diaryl/α,β-unsaturated/α-hetero) is 1. The quantitative estimate of drug-likeness (QED) is 0.212. The molecule has 0 radical (unpaired) electrons. The van der Waals surface area contributed by atoms with Crippen LogP contribution in [-0.2, 0) is 16.0 Å². The summed E-state index contributed by atoms with van der Waals surface area (Å²) in [6, 6.07) is 14.4. The Balaban J connectivity index is 2.00. The Kier molecular flexibility index (Phi) is 8.32. The number of hydrogen-bond acceptors (Lipinski definition) is 4. The SMILES string of the molecule is CCCCCN1C(=O)C(=O)/C(=C(\O)c2ccc(OCC(C)C)cc2)C1c1ccc(CC)cc1. The van der Waals surface area contributed by atoms with E-state index in [2.05, 4.69) is 27.7 Å². The third kappa shape index (κ3) is 5.65. The van der Waals surface area contributed by atoms with Crippen LogP contribution in [-0.4, -0.2) is 34.8 Å². The van der Waals surface area contributed by atoms with Crippen LogP contribution in [0, 0.1) is 5.92 Å². The molecular weight excluding hydrogens is 414 g/mol. The molecule has 2 aromatic rings. The number of carbonyl (C=O) groups is 2. The Morgan fingerprint density at radius 2 is 1.67 bits per heavy atom. The number of aryl methyl sites for hydroxylation is 1. The number of ketones is 1. The fourth-order valence-corrected chi connectivity index (χ4v) is 4.05. The molecular formula is C28H35NO4. The minimum Gasteiger partial charge on any atom is -0.507 e. The van der Waals surface area contributed by atoms with Gasteiger partial charge in [0.15, 0.2) is 0 Å². The van der Waals surface area contributed by atoms with Gasteiger partial charge in [-0.05, 0) is 54.2 Å². The Hall–Kier alpha value is -3.08. The number of hydrogen-bond donors (Lipinski definition) is 1. The summed E-state index contributed by atoms with van der Waals surface area (Å²) in [5, 5.41) is 11.2. The van der Waals surface area contributed by atoms with Crippen LogP contribution < -0.4 is 4.74 Å². The normalized spacial score (nSPS) is 17.7. The monoisotopic (exact) mass is 449 g/mol. The van der Waals surface area contributed by atoms with Crippen molar-refractivity contribution in [3.63, 3.8) is 0 Å². The Morgan fingerprint density at radius 1 is 1.00 bits per heavy atom. The van der Waals surface area contributed by atoms with Crippen molar-refractivity contribution in [3.05, 3.63) is 70.8 Å². The summed E-state index contributed by atoms with van der Waals surface area (Å²) in [5.74, 6) is -0.220. The first-order chi connectivity index (χ1) is 15.9. The highest BCUT2D eigenvalue weighted by molar-refractivity contribution is 6.46. The van der Waals surface area contributed by atoms with Crippen LogP contribution in [0.4, 0.5) is 0 Å². The maximum absolute atomic E-state index is 13.1. The highest BCUT2D eigenvalue weighted by Crippen LogP contribution is 2.39. The first-order valence-electron chi connectivity index (χ1n) is 12.0. The first kappa shape index (κ1) is 24.6. The van der Waals surface area contributed by atoms with Crippen LogP contribution >= 0.6 is 0 Å². The lowest BCUT2D eigenvalue weighted by molar-refractivity contribution is -0.139. The number of aliphatic hydroxyl groups excluding tert-OH is 1. The summed E-state index contributed by atoms with van der Waals surface area (Å²) in [5.41, 5.74) is 2.66. The average molecular weight is 450 g/mol. The van der Waals surface area contributed by atoms with Crippen molar-refractivity contribution in [1.29, 1.82) is 0 Å². The van der Waals surface area contributed by atoms with Crippen LogP contribution in [0.15, 0.2) is 54.1 Å². The molecule has 176 valence electrons. The zero-order valence-electron chi connectivity index (χ0n) is 20.1. The van der Waals surface area contributed by atoms with E-state index in [-0.39, 0.29) is 11.3 Å². The van der Waals surface area contributed by atoms with E-state index in [9.17, 15) is 14.7 Å². The second kappa shape index (κ2) is 11.2. The van der Waals surface area contributed by atoms with Gasteiger partial charge in [0.05, 0.1) is 18.2 Å². The predicted octanol–water partition coefficient (Wildman–Crippen LogP) is 5.90. The van der Waals surface area contributed by atoms with E-state index in [1.807, 2.05) is 24.3 Å². The van der Waals surface area contributed by atoms with Gasteiger partial charge in [-0.25, -0.2) is 0 Å². The molecule has 5 heteroatoms. The van der Waals surface area contributed by atoms with E-state index in [1.54, 1.807) is 29.2 Å². The molecule has 1 unspecified atom stereocenters. The van der Waals surface area contributed by atoms with Gasteiger partial charge in [0.1, 0.15) is 11.5 Å². The molecule has 1 heterocycles. The summed E-state index contributed by atoms with van der Waals surface area (Å²) in [6.45, 7) is 9.42. The van der Waals surface area contributed by atoms with Gasteiger partial charge in [0, 0.05) is 12.1 Å². The second-order valence-corrected chi connectivity index (χ2v) is 9.02. The van der Waals surface area contributed by atoms with Gasteiger partial charge in [-0.1, -0.05) is 64.8 Å². The molecule has 1 amide bonds. The van der Waals surface area contributed by atoms with E-state index in [0.29, 0.717) is 30.4 Å². The minimum atomic E-state index is -0.631. The van der Waals surface area contributed by atoms with Crippen molar-refractivity contribution in [2.45, 2.75) is 59.4 Å². The van der Waals surface area contributed by atoms with E-state index >= 15 is 0 Å². The Bertz CT molecular complexity index is 990. The lowest BCUT2D eigenvalue weighted by Gasteiger charge is -2.25. The second-order valence-electron chi connectivity index (χ2n) is 9.02. The van der Waals surface area contributed by atoms with Gasteiger partial charge in [0.25, 0.3) is 11.7 Å². The summed E-state index contributed by atoms with van der Waals surface area (Å²) in [4.78, 5) is 27.7. The van der Waals surface area contributed by atoms with Gasteiger partial charge < -0.3 is 14.7 Å². The lowest BCUT2D eigenvalue weighted by Crippen LogP contribution is -2.30. The van der Waals surface area contributed by atoms with Crippen LogP contribution in [0.5, 0.6) is 5.75 Å². The van der Waals surface area contributed by atoms with Crippen molar-refractivity contribution in [2.24, 2.45) is 5.92 Å². The zero-order valence-corrected chi connectivity index (χ0v) is 20.1. The van der Waals surface area contributed by atoms with Gasteiger partial charge in [-0.3, -0.25) is 9.59 Å². The van der Waals surface area contributed by atoms with Crippen molar-refractivity contribution >= 4 is 17.4 Å². The molecule has 0 bridgehead atoms. The number of carbonyl (C=O) groups excluding carboxylic acids is 2. The third-order valence-corrected chi connectivity index (χ3v) is 5.96. The number of aliphatic hydroxyl groups is 1. The average Bonchev–Trinajstić information content (AvgIpc) is 3.08. The molecule has 1 aliphatic rings. The molecule has 0 aromatic heterocycles. The molecule has 0 saturated carbocycles. The molecule has 0 spiro atoms. The summed E-state index contributed by atoms with van der Waals surface area (Å²) < 4.78 is 5.72. The molecule has 3 rings (SSSR count). The number of rotatable bonds is 10. The van der Waals surface area contributed by atoms with Crippen LogP contribution in [0.25, 0.3) is 5.76 Å². The minimum absolute atomic E-state index is 0.147. The number of nitrogens with zero attached hydrogens (tertiary/aromatic N) is 1. The van der Waals surface area contributed by atoms with E-state index < -0.39 is 17.7 Å². The standard InChI is InChI=1S/C28H35NO4/c1-5-7-8-17-29-25(21-11-9-20(6-2)10-12-21)24(27(31)28(29)32)26(30)22-13-15-23(16-14-22)33-18-19(3)4/h9-16,19,25,30H,5-8,17-18H2,1-4H3/b26-24-. The van der Waals surface area contributed by atoms with Crippen molar-refractivity contribution in [1.82, 2.24) is 4.90 Å². The maximum atomic E-state index is 13.1.